The van der Waals surface area contributed by atoms with Gasteiger partial charge in [0.2, 0.25) is 5.91 Å². The molecule has 1 aliphatic rings. The van der Waals surface area contributed by atoms with Gasteiger partial charge in [0.25, 0.3) is 0 Å². The van der Waals surface area contributed by atoms with Crippen molar-refractivity contribution in [1.29, 1.82) is 0 Å². The van der Waals surface area contributed by atoms with Gasteiger partial charge in [0.15, 0.2) is 8.32 Å². The Morgan fingerprint density at radius 3 is 2.44 bits per heavy atom. The van der Waals surface area contributed by atoms with Gasteiger partial charge < -0.3 is 9.74 Å². The Bertz CT molecular complexity index is 309. The lowest BCUT2D eigenvalue weighted by molar-refractivity contribution is -0.125. The summed E-state index contributed by atoms with van der Waals surface area (Å²) in [6.45, 7) is 15.4. The zero-order chi connectivity index (χ0) is 14.1. The van der Waals surface area contributed by atoms with Crippen LogP contribution in [0.1, 0.15) is 47.5 Å². The summed E-state index contributed by atoms with van der Waals surface area (Å²) < 4.78 is 6.23. The third-order valence-corrected chi connectivity index (χ3v) is 9.15. The van der Waals surface area contributed by atoms with Gasteiger partial charge in [-0.25, -0.2) is 0 Å². The molecule has 106 valence electrons. The van der Waals surface area contributed by atoms with Gasteiger partial charge in [-0.2, -0.15) is 0 Å². The lowest BCUT2D eigenvalue weighted by Crippen LogP contribution is -2.45. The molecule has 1 saturated heterocycles. The van der Waals surface area contributed by atoms with E-state index in [9.17, 15) is 4.79 Å². The van der Waals surface area contributed by atoms with Gasteiger partial charge in [-0.05, 0) is 24.1 Å². The number of carbonyl (C=O) groups excluding carboxylic acids is 1. The molecular formula is C14H29NO2Si. The molecule has 1 heterocycles. The topological polar surface area (TPSA) is 38.3 Å². The maximum Gasteiger partial charge on any atom is 0.248 e. The summed E-state index contributed by atoms with van der Waals surface area (Å²) >= 11 is 0. The fourth-order valence-electron chi connectivity index (χ4n) is 1.97. The van der Waals surface area contributed by atoms with Crippen molar-refractivity contribution in [3.63, 3.8) is 0 Å². The number of amides is 1. The van der Waals surface area contributed by atoms with Gasteiger partial charge in [-0.3, -0.25) is 4.79 Å². The highest BCUT2D eigenvalue weighted by atomic mass is 28.4. The van der Waals surface area contributed by atoms with Crippen LogP contribution in [0.3, 0.4) is 0 Å². The molecule has 0 saturated carbocycles. The van der Waals surface area contributed by atoms with Crippen molar-refractivity contribution in [2.24, 2.45) is 5.92 Å². The first-order valence-corrected chi connectivity index (χ1v) is 9.97. The molecule has 18 heavy (non-hydrogen) atoms. The van der Waals surface area contributed by atoms with E-state index in [4.69, 9.17) is 4.43 Å². The lowest BCUT2D eigenvalue weighted by atomic mass is 9.97. The maximum absolute atomic E-state index is 12.0. The van der Waals surface area contributed by atoms with Gasteiger partial charge >= 0.3 is 0 Å². The van der Waals surface area contributed by atoms with Crippen LogP contribution in [-0.2, 0) is 9.22 Å². The molecule has 2 unspecified atom stereocenters. The minimum atomic E-state index is -1.85. The van der Waals surface area contributed by atoms with Crippen LogP contribution >= 0.6 is 0 Å². The van der Waals surface area contributed by atoms with E-state index < -0.39 is 8.32 Å². The summed E-state index contributed by atoms with van der Waals surface area (Å²) in [5.41, 5.74) is 0. The van der Waals surface area contributed by atoms with E-state index in [1.807, 2.05) is 0 Å². The smallest absolute Gasteiger partial charge is 0.248 e. The highest BCUT2D eigenvalue weighted by molar-refractivity contribution is 6.74. The largest absolute Gasteiger partial charge is 0.405 e. The summed E-state index contributed by atoms with van der Waals surface area (Å²) in [7, 11) is -1.85. The van der Waals surface area contributed by atoms with Crippen LogP contribution in [0.15, 0.2) is 0 Å². The summed E-state index contributed by atoms with van der Waals surface area (Å²) in [6.07, 6.45) is 1.70. The molecule has 3 atom stereocenters. The first-order valence-electron chi connectivity index (χ1n) is 7.06. The van der Waals surface area contributed by atoms with Gasteiger partial charge in [-0.15, -0.1) is 0 Å². The quantitative estimate of drug-likeness (QED) is 0.797. The summed E-state index contributed by atoms with van der Waals surface area (Å²) in [4.78, 5) is 12.0. The van der Waals surface area contributed by atoms with E-state index in [2.05, 4.69) is 53.0 Å². The summed E-state index contributed by atoms with van der Waals surface area (Å²) in [5, 5.41) is 3.24. The number of nitrogens with one attached hydrogen (secondary N) is 1. The second kappa shape index (κ2) is 5.33. The zero-order valence-electron chi connectivity index (χ0n) is 13.0. The Morgan fingerprint density at radius 1 is 1.44 bits per heavy atom. The minimum Gasteiger partial charge on any atom is -0.405 e. The Morgan fingerprint density at radius 2 is 2.00 bits per heavy atom. The Balaban J connectivity index is 2.67. The van der Waals surface area contributed by atoms with Crippen molar-refractivity contribution in [1.82, 2.24) is 5.32 Å². The predicted molar refractivity (Wildman–Crippen MR) is 78.1 cm³/mol. The molecular weight excluding hydrogens is 242 g/mol. The lowest BCUT2D eigenvalue weighted by Gasteiger charge is -2.37. The average Bonchev–Trinajstić information content (AvgIpc) is 2.57. The molecule has 0 aromatic rings. The molecule has 1 fully saturated rings. The van der Waals surface area contributed by atoms with Crippen molar-refractivity contribution < 1.29 is 9.22 Å². The minimum absolute atomic E-state index is 0.0881. The van der Waals surface area contributed by atoms with Gasteiger partial charge in [0.1, 0.15) is 6.10 Å². The van der Waals surface area contributed by atoms with Crippen molar-refractivity contribution in [3.05, 3.63) is 0 Å². The first-order chi connectivity index (χ1) is 8.08. The third-order valence-electron chi connectivity index (χ3n) is 4.66. The molecule has 0 radical (unpaired) electrons. The monoisotopic (exact) mass is 271 g/mol. The standard InChI is InChI=1S/C14H29NO2Si/c1-8-10(2)11-9-12(13(16)15-11)17-18(6,7)14(3,4)5/h10-12H,8-9H2,1-7H3,(H,15,16)/t10?,11?,12-/m0/s1. The molecule has 0 aliphatic carbocycles. The third kappa shape index (κ3) is 3.35. The van der Waals surface area contributed by atoms with Crippen LogP contribution in [0.25, 0.3) is 0 Å². The highest BCUT2D eigenvalue weighted by Gasteiger charge is 2.44. The van der Waals surface area contributed by atoms with Crippen LogP contribution in [0.2, 0.25) is 18.1 Å². The fraction of sp³-hybridized carbons (Fsp3) is 0.929. The first kappa shape index (κ1) is 15.7. The van der Waals surface area contributed by atoms with E-state index in [-0.39, 0.29) is 23.1 Å². The summed E-state index contributed by atoms with van der Waals surface area (Å²) in [5.74, 6) is 0.618. The van der Waals surface area contributed by atoms with Crippen molar-refractivity contribution >= 4 is 14.2 Å². The summed E-state index contributed by atoms with van der Waals surface area (Å²) in [6, 6.07) is 0.289. The van der Waals surface area contributed by atoms with E-state index in [1.165, 1.54) is 0 Å². The number of hydrogen-bond donors (Lipinski definition) is 1. The van der Waals surface area contributed by atoms with Crippen LogP contribution in [-0.4, -0.2) is 26.4 Å². The maximum atomic E-state index is 12.0. The molecule has 1 amide bonds. The average molecular weight is 271 g/mol. The van der Waals surface area contributed by atoms with Crippen molar-refractivity contribution in [2.75, 3.05) is 0 Å². The zero-order valence-corrected chi connectivity index (χ0v) is 14.0. The SMILES string of the molecule is CCC(C)C1C[C@H](O[Si](C)(C)C(C)(C)C)C(=O)N1. The molecule has 0 aromatic carbocycles. The molecule has 1 aliphatic heterocycles. The predicted octanol–water partition coefficient (Wildman–Crippen LogP) is 3.31. The molecule has 0 spiro atoms. The number of hydrogen-bond acceptors (Lipinski definition) is 2. The fourth-order valence-corrected chi connectivity index (χ4v) is 3.23. The number of carbonyl (C=O) groups is 1. The molecule has 1 N–H and O–H groups in total. The van der Waals surface area contributed by atoms with Gasteiger partial charge in [-0.1, -0.05) is 41.0 Å². The van der Waals surface area contributed by atoms with Crippen LogP contribution < -0.4 is 5.32 Å². The number of rotatable bonds is 4. The van der Waals surface area contributed by atoms with E-state index in [0.717, 1.165) is 12.8 Å². The molecule has 4 heteroatoms. The molecule has 0 bridgehead atoms. The molecule has 1 rings (SSSR count). The second-order valence-corrected chi connectivity index (χ2v) is 11.9. The van der Waals surface area contributed by atoms with Crippen molar-refractivity contribution in [3.8, 4) is 0 Å². The van der Waals surface area contributed by atoms with Gasteiger partial charge in [0.05, 0.1) is 0 Å². The van der Waals surface area contributed by atoms with E-state index >= 15 is 0 Å². The van der Waals surface area contributed by atoms with Gasteiger partial charge in [0, 0.05) is 12.5 Å². The molecule has 0 aromatic heterocycles. The normalized spacial score (nSPS) is 27.2. The van der Waals surface area contributed by atoms with Crippen LogP contribution in [0.5, 0.6) is 0 Å². The Kier molecular flexibility index (Phi) is 4.65. The Hall–Kier alpha value is -0.353. The van der Waals surface area contributed by atoms with E-state index in [0.29, 0.717) is 5.92 Å². The molecule has 3 nitrogen and oxygen atoms in total. The van der Waals surface area contributed by atoms with Crippen molar-refractivity contribution in [2.45, 2.75) is 77.7 Å². The second-order valence-electron chi connectivity index (χ2n) is 7.10. The van der Waals surface area contributed by atoms with E-state index in [1.54, 1.807) is 0 Å². The highest BCUT2D eigenvalue weighted by Crippen LogP contribution is 2.38. The van der Waals surface area contributed by atoms with Crippen LogP contribution in [0, 0.1) is 5.92 Å². The van der Waals surface area contributed by atoms with Crippen LogP contribution in [0.4, 0.5) is 0 Å². The Labute approximate surface area is 113 Å².